The number of amides is 1. The summed E-state index contributed by atoms with van der Waals surface area (Å²) in [5.41, 5.74) is 0. The summed E-state index contributed by atoms with van der Waals surface area (Å²) in [6, 6.07) is -0.808. The summed E-state index contributed by atoms with van der Waals surface area (Å²) in [5.74, 6) is -0.514. The molecule has 0 spiro atoms. The monoisotopic (exact) mass is 594 g/mol. The van der Waals surface area contributed by atoms with Gasteiger partial charge in [-0.25, -0.2) is 0 Å². The predicted molar refractivity (Wildman–Crippen MR) is 181 cm³/mol. The molecule has 5 nitrogen and oxygen atoms in total. The Hall–Kier alpha value is -1.17. The van der Waals surface area contributed by atoms with Crippen LogP contribution in [-0.2, 0) is 4.79 Å². The highest BCUT2D eigenvalue weighted by molar-refractivity contribution is 5.80. The molecule has 0 aromatic carbocycles. The topological polar surface area (TPSA) is 89.8 Å². The SMILES string of the molecule is CCCCCCC/C=C/CC/C=C/C(O)C(CO)NC(=O)C(O)CCCCCCCCCCCCCCCCCCC. The van der Waals surface area contributed by atoms with Crippen LogP contribution in [0.1, 0.15) is 181 Å². The molecule has 0 saturated carbocycles. The molecule has 3 unspecified atom stereocenters. The van der Waals surface area contributed by atoms with Crippen LogP contribution in [-0.4, -0.2) is 46.1 Å². The van der Waals surface area contributed by atoms with Gasteiger partial charge < -0.3 is 20.6 Å². The highest BCUT2D eigenvalue weighted by Gasteiger charge is 2.22. The Labute approximate surface area is 261 Å². The van der Waals surface area contributed by atoms with Crippen LogP contribution < -0.4 is 5.32 Å². The minimum atomic E-state index is -1.10. The number of carbonyl (C=O) groups excluding carboxylic acids is 1. The smallest absolute Gasteiger partial charge is 0.249 e. The summed E-state index contributed by atoms with van der Waals surface area (Å²) < 4.78 is 0. The number of hydrogen-bond acceptors (Lipinski definition) is 4. The number of aliphatic hydroxyl groups excluding tert-OH is 3. The van der Waals surface area contributed by atoms with Crippen molar-refractivity contribution in [3.63, 3.8) is 0 Å². The molecule has 0 radical (unpaired) electrons. The summed E-state index contributed by atoms with van der Waals surface area (Å²) in [4.78, 5) is 12.4. The van der Waals surface area contributed by atoms with E-state index in [0.717, 1.165) is 38.5 Å². The van der Waals surface area contributed by atoms with Crippen LogP contribution in [0, 0.1) is 0 Å². The van der Waals surface area contributed by atoms with Crippen molar-refractivity contribution in [2.75, 3.05) is 6.61 Å². The lowest BCUT2D eigenvalue weighted by molar-refractivity contribution is -0.131. The van der Waals surface area contributed by atoms with Gasteiger partial charge in [0.2, 0.25) is 5.91 Å². The van der Waals surface area contributed by atoms with Gasteiger partial charge in [-0.05, 0) is 32.1 Å². The molecule has 0 saturated heterocycles. The second-order valence-electron chi connectivity index (χ2n) is 12.4. The average molecular weight is 594 g/mol. The fraction of sp³-hybridized carbons (Fsp3) is 0.865. The zero-order valence-electron chi connectivity index (χ0n) is 27.9. The molecule has 4 N–H and O–H groups in total. The third kappa shape index (κ3) is 27.7. The number of rotatable bonds is 32. The first-order valence-corrected chi connectivity index (χ1v) is 18.2. The van der Waals surface area contributed by atoms with Crippen molar-refractivity contribution in [3.05, 3.63) is 24.3 Å². The van der Waals surface area contributed by atoms with Crippen LogP contribution in [0.15, 0.2) is 24.3 Å². The van der Waals surface area contributed by atoms with Crippen LogP contribution >= 0.6 is 0 Å². The fourth-order valence-electron chi connectivity index (χ4n) is 5.38. The van der Waals surface area contributed by atoms with E-state index < -0.39 is 24.2 Å². The van der Waals surface area contributed by atoms with Crippen molar-refractivity contribution >= 4 is 5.91 Å². The molecular formula is C37H71NO4. The first-order chi connectivity index (χ1) is 20.6. The third-order valence-corrected chi connectivity index (χ3v) is 8.29. The molecular weight excluding hydrogens is 522 g/mol. The molecule has 0 fully saturated rings. The van der Waals surface area contributed by atoms with E-state index in [1.165, 1.54) is 122 Å². The number of nitrogens with one attached hydrogen (secondary N) is 1. The van der Waals surface area contributed by atoms with Gasteiger partial charge in [0.1, 0.15) is 6.10 Å². The van der Waals surface area contributed by atoms with Crippen LogP contribution in [0.2, 0.25) is 0 Å². The van der Waals surface area contributed by atoms with Crippen LogP contribution in [0.4, 0.5) is 0 Å². The van der Waals surface area contributed by atoms with Crippen molar-refractivity contribution in [1.82, 2.24) is 5.32 Å². The first kappa shape index (κ1) is 40.8. The van der Waals surface area contributed by atoms with E-state index in [-0.39, 0.29) is 6.61 Å². The zero-order valence-corrected chi connectivity index (χ0v) is 27.9. The summed E-state index contributed by atoms with van der Waals surface area (Å²) in [6.07, 6.45) is 37.7. The minimum Gasteiger partial charge on any atom is -0.394 e. The molecule has 248 valence electrons. The molecule has 5 heteroatoms. The Morgan fingerprint density at radius 2 is 0.976 bits per heavy atom. The zero-order chi connectivity index (χ0) is 30.9. The Kier molecular flexibility index (Phi) is 31.8. The Balaban J connectivity index is 3.74. The van der Waals surface area contributed by atoms with E-state index in [0.29, 0.717) is 6.42 Å². The number of aliphatic hydroxyl groups is 3. The lowest BCUT2D eigenvalue weighted by Gasteiger charge is -2.21. The largest absolute Gasteiger partial charge is 0.394 e. The Morgan fingerprint density at radius 3 is 1.45 bits per heavy atom. The van der Waals surface area contributed by atoms with E-state index >= 15 is 0 Å². The van der Waals surface area contributed by atoms with Gasteiger partial charge in [-0.3, -0.25) is 4.79 Å². The van der Waals surface area contributed by atoms with Crippen molar-refractivity contribution in [2.24, 2.45) is 0 Å². The fourth-order valence-corrected chi connectivity index (χ4v) is 5.38. The predicted octanol–water partition coefficient (Wildman–Crippen LogP) is 9.48. The number of allylic oxidation sites excluding steroid dienone is 3. The Bertz CT molecular complexity index is 621. The van der Waals surface area contributed by atoms with Gasteiger partial charge in [0.05, 0.1) is 18.8 Å². The minimum absolute atomic E-state index is 0.374. The number of unbranched alkanes of at least 4 members (excludes halogenated alkanes) is 22. The van der Waals surface area contributed by atoms with Gasteiger partial charge in [-0.2, -0.15) is 0 Å². The summed E-state index contributed by atoms with van der Waals surface area (Å²) in [7, 11) is 0. The summed E-state index contributed by atoms with van der Waals surface area (Å²) in [6.45, 7) is 4.13. The van der Waals surface area contributed by atoms with Crippen LogP contribution in [0.3, 0.4) is 0 Å². The maximum absolute atomic E-state index is 12.4. The molecule has 3 atom stereocenters. The van der Waals surface area contributed by atoms with E-state index in [9.17, 15) is 20.1 Å². The van der Waals surface area contributed by atoms with Crippen molar-refractivity contribution in [1.29, 1.82) is 0 Å². The molecule has 0 aromatic rings. The van der Waals surface area contributed by atoms with Crippen molar-refractivity contribution in [2.45, 2.75) is 199 Å². The van der Waals surface area contributed by atoms with E-state index in [2.05, 4.69) is 31.3 Å². The lowest BCUT2D eigenvalue weighted by atomic mass is 10.0. The van der Waals surface area contributed by atoms with Gasteiger partial charge in [-0.1, -0.05) is 173 Å². The van der Waals surface area contributed by atoms with Gasteiger partial charge >= 0.3 is 0 Å². The molecule has 0 bridgehead atoms. The summed E-state index contributed by atoms with van der Waals surface area (Å²) in [5, 5.41) is 32.8. The highest BCUT2D eigenvalue weighted by atomic mass is 16.3. The molecule has 42 heavy (non-hydrogen) atoms. The molecule has 0 heterocycles. The number of hydrogen-bond donors (Lipinski definition) is 4. The highest BCUT2D eigenvalue weighted by Crippen LogP contribution is 2.15. The second-order valence-corrected chi connectivity index (χ2v) is 12.4. The molecule has 1 amide bonds. The maximum Gasteiger partial charge on any atom is 0.249 e. The van der Waals surface area contributed by atoms with Crippen LogP contribution in [0.25, 0.3) is 0 Å². The molecule has 0 aliphatic rings. The average Bonchev–Trinajstić information content (AvgIpc) is 2.99. The van der Waals surface area contributed by atoms with Gasteiger partial charge in [0, 0.05) is 0 Å². The van der Waals surface area contributed by atoms with E-state index in [4.69, 9.17) is 0 Å². The molecule has 0 aliphatic heterocycles. The second kappa shape index (κ2) is 32.7. The molecule has 0 aliphatic carbocycles. The van der Waals surface area contributed by atoms with Crippen LogP contribution in [0.5, 0.6) is 0 Å². The normalized spacial score (nSPS) is 14.1. The quantitative estimate of drug-likeness (QED) is 0.0462. The van der Waals surface area contributed by atoms with Crippen molar-refractivity contribution in [3.8, 4) is 0 Å². The van der Waals surface area contributed by atoms with Crippen molar-refractivity contribution < 1.29 is 20.1 Å². The van der Waals surface area contributed by atoms with E-state index in [1.807, 2.05) is 6.08 Å². The molecule has 0 aromatic heterocycles. The third-order valence-electron chi connectivity index (χ3n) is 8.29. The maximum atomic E-state index is 12.4. The summed E-state index contributed by atoms with van der Waals surface area (Å²) >= 11 is 0. The van der Waals surface area contributed by atoms with Gasteiger partial charge in [0.25, 0.3) is 0 Å². The first-order valence-electron chi connectivity index (χ1n) is 18.2. The standard InChI is InChI=1S/C37H71NO4/c1-3-5-7-9-11-13-15-16-17-18-19-20-22-24-26-28-30-32-36(41)37(42)38-34(33-39)35(40)31-29-27-25-23-21-14-12-10-8-6-4-2/h21,23,29,31,34-36,39-41H,3-20,22,24-28,30,32-33H2,1-2H3,(H,38,42)/b23-21+,31-29+. The molecule has 0 rings (SSSR count). The van der Waals surface area contributed by atoms with E-state index in [1.54, 1.807) is 6.08 Å². The van der Waals surface area contributed by atoms with Gasteiger partial charge in [-0.15, -0.1) is 0 Å². The Morgan fingerprint density at radius 1 is 0.571 bits per heavy atom. The lowest BCUT2D eigenvalue weighted by Crippen LogP contribution is -2.48. The number of carbonyl (C=O) groups is 1. The van der Waals surface area contributed by atoms with Gasteiger partial charge in [0.15, 0.2) is 0 Å².